The minimum atomic E-state index is -0.786. The van der Waals surface area contributed by atoms with E-state index >= 15 is 0 Å². The molecule has 0 saturated carbocycles. The highest BCUT2D eigenvalue weighted by Gasteiger charge is 2.07. The van der Waals surface area contributed by atoms with Crippen LogP contribution in [0.3, 0.4) is 0 Å². The van der Waals surface area contributed by atoms with Gasteiger partial charge in [0.1, 0.15) is 4.60 Å². The largest absolute Gasteiger partial charge is 0.363 e. The monoisotopic (exact) mass is 219 g/mol. The van der Waals surface area contributed by atoms with Crippen molar-refractivity contribution in [3.8, 4) is 0 Å². The van der Waals surface area contributed by atoms with E-state index in [1.165, 1.54) is 0 Å². The average molecular weight is 220 g/mol. The van der Waals surface area contributed by atoms with Gasteiger partial charge in [0.25, 0.3) is 5.91 Å². The highest BCUT2D eigenvalue weighted by Crippen LogP contribution is 2.09. The molecule has 0 aromatic carbocycles. The Labute approximate surface area is 69.8 Å². The summed E-state index contributed by atoms with van der Waals surface area (Å²) in [6.45, 7) is 0. The zero-order valence-electron chi connectivity index (χ0n) is 5.21. The lowest BCUT2D eigenvalue weighted by Crippen LogP contribution is -2.15. The van der Waals surface area contributed by atoms with Crippen molar-refractivity contribution in [2.45, 2.75) is 0 Å². The zero-order chi connectivity index (χ0) is 8.43. The van der Waals surface area contributed by atoms with Gasteiger partial charge in [-0.2, -0.15) is 0 Å². The van der Waals surface area contributed by atoms with Gasteiger partial charge in [-0.25, -0.2) is 14.4 Å². The molecular formula is C5H3BrFN3O. The first-order chi connectivity index (χ1) is 5.11. The molecule has 58 valence electrons. The molecule has 0 aliphatic heterocycles. The maximum atomic E-state index is 12.4. The van der Waals surface area contributed by atoms with Crippen LogP contribution in [0.1, 0.15) is 10.6 Å². The molecular weight excluding hydrogens is 217 g/mol. The van der Waals surface area contributed by atoms with Crippen LogP contribution in [-0.4, -0.2) is 15.9 Å². The number of halogens is 2. The Morgan fingerprint density at radius 3 is 2.82 bits per heavy atom. The van der Waals surface area contributed by atoms with Crippen molar-refractivity contribution in [1.82, 2.24) is 9.97 Å². The molecule has 1 amide bonds. The smallest absolute Gasteiger partial charge is 0.286 e. The Kier molecular flexibility index (Phi) is 2.13. The number of primary amides is 1. The summed E-state index contributed by atoms with van der Waals surface area (Å²) in [4.78, 5) is 17.2. The molecule has 4 nitrogen and oxygen atoms in total. The zero-order valence-corrected chi connectivity index (χ0v) is 6.80. The summed E-state index contributed by atoms with van der Waals surface area (Å²) in [5.41, 5.74) is 4.83. The van der Waals surface area contributed by atoms with Gasteiger partial charge in [-0.3, -0.25) is 4.79 Å². The van der Waals surface area contributed by atoms with Gasteiger partial charge >= 0.3 is 0 Å². The highest BCUT2D eigenvalue weighted by molar-refractivity contribution is 9.10. The Morgan fingerprint density at radius 2 is 2.36 bits per heavy atom. The van der Waals surface area contributed by atoms with Crippen molar-refractivity contribution in [3.05, 3.63) is 22.4 Å². The Balaban J connectivity index is 3.15. The normalized spacial score (nSPS) is 9.64. The molecule has 0 fully saturated rings. The Hall–Kier alpha value is -1.04. The van der Waals surface area contributed by atoms with Crippen molar-refractivity contribution < 1.29 is 9.18 Å². The third-order valence-corrected chi connectivity index (χ3v) is 1.48. The van der Waals surface area contributed by atoms with Crippen LogP contribution in [0.25, 0.3) is 0 Å². The molecule has 0 atom stereocenters. The lowest BCUT2D eigenvalue weighted by atomic mass is 10.5. The van der Waals surface area contributed by atoms with Crippen LogP contribution in [0.4, 0.5) is 4.39 Å². The minimum Gasteiger partial charge on any atom is -0.363 e. The predicted octanol–water partition coefficient (Wildman–Crippen LogP) is 0.477. The van der Waals surface area contributed by atoms with E-state index in [1.807, 2.05) is 0 Å². The molecule has 1 aromatic heterocycles. The maximum absolute atomic E-state index is 12.4. The molecule has 0 spiro atoms. The van der Waals surface area contributed by atoms with Crippen LogP contribution in [0.2, 0.25) is 0 Å². The molecule has 1 aromatic rings. The highest BCUT2D eigenvalue weighted by atomic mass is 79.9. The number of hydrogen-bond acceptors (Lipinski definition) is 3. The number of carbonyl (C=O) groups is 1. The fourth-order valence-electron chi connectivity index (χ4n) is 0.465. The quantitative estimate of drug-likeness (QED) is 0.699. The van der Waals surface area contributed by atoms with E-state index in [0.717, 1.165) is 6.20 Å². The van der Waals surface area contributed by atoms with Crippen LogP contribution in [0.15, 0.2) is 10.8 Å². The molecule has 0 bridgehead atoms. The standard InChI is InChI=1S/C5H3BrFN3O/c6-3-2(7)1-9-5(10-3)4(8)11/h1H,(H2,8,11). The van der Waals surface area contributed by atoms with E-state index in [2.05, 4.69) is 25.9 Å². The first-order valence-corrected chi connectivity index (χ1v) is 3.38. The van der Waals surface area contributed by atoms with Gasteiger partial charge in [0.15, 0.2) is 5.82 Å². The minimum absolute atomic E-state index is 0.0682. The van der Waals surface area contributed by atoms with Gasteiger partial charge in [0, 0.05) is 0 Å². The van der Waals surface area contributed by atoms with Gasteiger partial charge < -0.3 is 5.73 Å². The van der Waals surface area contributed by atoms with E-state index in [1.54, 1.807) is 0 Å². The fraction of sp³-hybridized carbons (Fsp3) is 0. The van der Waals surface area contributed by atoms with E-state index in [4.69, 9.17) is 5.73 Å². The third-order valence-electron chi connectivity index (χ3n) is 0.922. The number of nitrogens with two attached hydrogens (primary N) is 1. The van der Waals surface area contributed by atoms with Crippen molar-refractivity contribution in [2.24, 2.45) is 5.73 Å². The summed E-state index contributed by atoms with van der Waals surface area (Å²) in [6, 6.07) is 0. The second-order valence-corrected chi connectivity index (χ2v) is 2.45. The first kappa shape index (κ1) is 8.06. The van der Waals surface area contributed by atoms with Crippen LogP contribution in [0.5, 0.6) is 0 Å². The molecule has 0 saturated heterocycles. The van der Waals surface area contributed by atoms with Gasteiger partial charge in [-0.05, 0) is 15.9 Å². The average Bonchev–Trinajstić information content (AvgIpc) is 1.94. The summed E-state index contributed by atoms with van der Waals surface area (Å²) in [5.74, 6) is -1.63. The molecule has 6 heteroatoms. The first-order valence-electron chi connectivity index (χ1n) is 2.59. The second-order valence-electron chi connectivity index (χ2n) is 1.70. The van der Waals surface area contributed by atoms with Gasteiger partial charge in [-0.1, -0.05) is 0 Å². The summed E-state index contributed by atoms with van der Waals surface area (Å²) in [7, 11) is 0. The number of nitrogens with zero attached hydrogens (tertiary/aromatic N) is 2. The molecule has 1 rings (SSSR count). The Bertz CT molecular complexity index is 304. The van der Waals surface area contributed by atoms with E-state index in [-0.39, 0.29) is 10.4 Å². The van der Waals surface area contributed by atoms with Crippen LogP contribution >= 0.6 is 15.9 Å². The van der Waals surface area contributed by atoms with E-state index < -0.39 is 11.7 Å². The van der Waals surface area contributed by atoms with Gasteiger partial charge in [0.2, 0.25) is 5.82 Å². The predicted molar refractivity (Wildman–Crippen MR) is 38.2 cm³/mol. The number of aromatic nitrogens is 2. The van der Waals surface area contributed by atoms with Gasteiger partial charge in [-0.15, -0.1) is 0 Å². The summed E-state index contributed by atoms with van der Waals surface area (Å²) in [5, 5.41) is 0. The molecule has 0 radical (unpaired) electrons. The SMILES string of the molecule is NC(=O)c1ncc(F)c(Br)n1. The van der Waals surface area contributed by atoms with Crippen molar-refractivity contribution in [1.29, 1.82) is 0 Å². The third kappa shape index (κ3) is 1.70. The molecule has 0 aliphatic carbocycles. The second kappa shape index (κ2) is 2.91. The summed E-state index contributed by atoms with van der Waals surface area (Å²) < 4.78 is 12.4. The summed E-state index contributed by atoms with van der Waals surface area (Å²) >= 11 is 2.78. The molecule has 0 aliphatic rings. The maximum Gasteiger partial charge on any atom is 0.286 e. The summed E-state index contributed by atoms with van der Waals surface area (Å²) in [6.07, 6.45) is 0.872. The molecule has 0 unspecified atom stereocenters. The van der Waals surface area contributed by atoms with Crippen LogP contribution in [-0.2, 0) is 0 Å². The molecule has 1 heterocycles. The van der Waals surface area contributed by atoms with Crippen molar-refractivity contribution in [3.63, 3.8) is 0 Å². The van der Waals surface area contributed by atoms with E-state index in [0.29, 0.717) is 0 Å². The fourth-order valence-corrected chi connectivity index (χ4v) is 0.735. The molecule has 2 N–H and O–H groups in total. The lowest BCUT2D eigenvalue weighted by molar-refractivity contribution is 0.0990. The Morgan fingerprint density at radius 1 is 1.73 bits per heavy atom. The molecule has 11 heavy (non-hydrogen) atoms. The number of carbonyl (C=O) groups excluding carboxylic acids is 1. The van der Waals surface area contributed by atoms with Crippen molar-refractivity contribution in [2.75, 3.05) is 0 Å². The number of amides is 1. The topological polar surface area (TPSA) is 68.9 Å². The lowest BCUT2D eigenvalue weighted by Gasteiger charge is -1.94. The van der Waals surface area contributed by atoms with Crippen LogP contribution in [0, 0.1) is 5.82 Å². The van der Waals surface area contributed by atoms with Gasteiger partial charge in [0.05, 0.1) is 6.20 Å². The van der Waals surface area contributed by atoms with Crippen molar-refractivity contribution >= 4 is 21.8 Å². The number of rotatable bonds is 1. The van der Waals surface area contributed by atoms with E-state index in [9.17, 15) is 9.18 Å². The van der Waals surface area contributed by atoms with Crippen LogP contribution < -0.4 is 5.73 Å². The number of hydrogen-bond donors (Lipinski definition) is 1.